The van der Waals surface area contributed by atoms with Crippen LogP contribution in [0.4, 0.5) is 0 Å². The SMILES string of the molecule is CC(C)(C)OC(=O)CC(Cl)Cl. The molecule has 11 heavy (non-hydrogen) atoms. The lowest BCUT2D eigenvalue weighted by Gasteiger charge is -2.19. The van der Waals surface area contributed by atoms with E-state index < -0.39 is 10.4 Å². The molecular formula is C7H12Cl2O2. The molecule has 0 aromatic rings. The Hall–Kier alpha value is 0.0500. The highest BCUT2D eigenvalue weighted by molar-refractivity contribution is 6.45. The van der Waals surface area contributed by atoms with E-state index in [0.717, 1.165) is 0 Å². The molecule has 0 saturated heterocycles. The molecule has 0 radical (unpaired) electrons. The van der Waals surface area contributed by atoms with Crippen LogP contribution in [0.5, 0.6) is 0 Å². The van der Waals surface area contributed by atoms with Crippen molar-refractivity contribution in [3.05, 3.63) is 0 Å². The number of carbonyl (C=O) groups is 1. The van der Waals surface area contributed by atoms with Gasteiger partial charge in [0.15, 0.2) is 0 Å². The summed E-state index contributed by atoms with van der Waals surface area (Å²) in [6, 6.07) is 0. The Labute approximate surface area is 76.8 Å². The highest BCUT2D eigenvalue weighted by atomic mass is 35.5. The second-order valence-electron chi connectivity index (χ2n) is 3.18. The predicted octanol–water partition coefficient (Wildman–Crippen LogP) is 2.52. The third kappa shape index (κ3) is 7.95. The molecule has 0 aliphatic heterocycles. The fraction of sp³-hybridized carbons (Fsp3) is 0.857. The first-order chi connectivity index (χ1) is 4.81. The molecule has 0 N–H and O–H groups in total. The van der Waals surface area contributed by atoms with Gasteiger partial charge in [0.1, 0.15) is 10.4 Å². The molecule has 66 valence electrons. The van der Waals surface area contributed by atoms with Gasteiger partial charge in [-0.2, -0.15) is 0 Å². The summed E-state index contributed by atoms with van der Waals surface area (Å²) in [6.45, 7) is 5.38. The van der Waals surface area contributed by atoms with E-state index in [0.29, 0.717) is 0 Å². The van der Waals surface area contributed by atoms with Crippen LogP contribution in [0.25, 0.3) is 0 Å². The number of halogens is 2. The van der Waals surface area contributed by atoms with E-state index in [-0.39, 0.29) is 12.4 Å². The second kappa shape index (κ2) is 4.17. The minimum atomic E-state index is -0.676. The van der Waals surface area contributed by atoms with Crippen molar-refractivity contribution >= 4 is 29.2 Å². The standard InChI is InChI=1S/C7H12Cl2O2/c1-7(2,3)11-6(10)4-5(8)9/h5H,4H2,1-3H3. The maximum absolute atomic E-state index is 10.9. The predicted molar refractivity (Wildman–Crippen MR) is 46.0 cm³/mol. The van der Waals surface area contributed by atoms with Crippen LogP contribution < -0.4 is 0 Å². The molecule has 0 aliphatic carbocycles. The van der Waals surface area contributed by atoms with E-state index in [4.69, 9.17) is 27.9 Å². The van der Waals surface area contributed by atoms with Gasteiger partial charge in [0.25, 0.3) is 0 Å². The average molecular weight is 199 g/mol. The third-order valence-corrected chi connectivity index (χ3v) is 1.05. The fourth-order valence-electron chi connectivity index (χ4n) is 0.509. The van der Waals surface area contributed by atoms with E-state index in [1.807, 2.05) is 0 Å². The molecule has 0 fully saturated rings. The van der Waals surface area contributed by atoms with Crippen molar-refractivity contribution in [1.29, 1.82) is 0 Å². The van der Waals surface area contributed by atoms with Crippen molar-refractivity contribution in [1.82, 2.24) is 0 Å². The van der Waals surface area contributed by atoms with Crippen LogP contribution in [0.1, 0.15) is 27.2 Å². The molecule has 0 spiro atoms. The quantitative estimate of drug-likeness (QED) is 0.504. The Morgan fingerprint density at radius 2 is 1.91 bits per heavy atom. The van der Waals surface area contributed by atoms with Crippen LogP contribution in [0.3, 0.4) is 0 Å². The number of ether oxygens (including phenoxy) is 1. The minimum Gasteiger partial charge on any atom is -0.460 e. The number of carbonyl (C=O) groups excluding carboxylic acids is 1. The molecule has 0 saturated carbocycles. The van der Waals surface area contributed by atoms with Crippen LogP contribution in [0.2, 0.25) is 0 Å². The summed E-state index contributed by atoms with van der Waals surface area (Å²) in [5, 5.41) is 0. The molecule has 0 amide bonds. The Morgan fingerprint density at radius 3 is 2.18 bits per heavy atom. The van der Waals surface area contributed by atoms with Crippen LogP contribution in [-0.4, -0.2) is 16.4 Å². The number of rotatable bonds is 2. The fourth-order valence-corrected chi connectivity index (χ4v) is 0.761. The highest BCUT2D eigenvalue weighted by Gasteiger charge is 2.17. The summed E-state index contributed by atoms with van der Waals surface area (Å²) in [7, 11) is 0. The molecule has 0 atom stereocenters. The van der Waals surface area contributed by atoms with Crippen molar-refractivity contribution in [3.8, 4) is 0 Å². The van der Waals surface area contributed by atoms with Gasteiger partial charge < -0.3 is 4.74 Å². The number of hydrogen-bond donors (Lipinski definition) is 0. The lowest BCUT2D eigenvalue weighted by molar-refractivity contribution is -0.154. The molecule has 4 heteroatoms. The maximum Gasteiger partial charge on any atom is 0.309 e. The third-order valence-electron chi connectivity index (χ3n) is 0.741. The lowest BCUT2D eigenvalue weighted by atomic mass is 10.2. The van der Waals surface area contributed by atoms with Crippen LogP contribution in [-0.2, 0) is 9.53 Å². The number of hydrogen-bond acceptors (Lipinski definition) is 2. The Morgan fingerprint density at radius 1 is 1.45 bits per heavy atom. The van der Waals surface area contributed by atoms with Gasteiger partial charge in [0.2, 0.25) is 0 Å². The van der Waals surface area contributed by atoms with Gasteiger partial charge in [0.05, 0.1) is 6.42 Å². The molecule has 0 heterocycles. The van der Waals surface area contributed by atoms with E-state index >= 15 is 0 Å². The van der Waals surface area contributed by atoms with Crippen LogP contribution >= 0.6 is 23.2 Å². The van der Waals surface area contributed by atoms with E-state index in [1.54, 1.807) is 20.8 Å². The molecule has 0 aliphatic rings. The van der Waals surface area contributed by atoms with Crippen LogP contribution in [0, 0.1) is 0 Å². The monoisotopic (exact) mass is 198 g/mol. The Balaban J connectivity index is 3.71. The summed E-state index contributed by atoms with van der Waals surface area (Å²) in [5.41, 5.74) is -0.459. The van der Waals surface area contributed by atoms with Gasteiger partial charge >= 0.3 is 5.97 Å². The summed E-state index contributed by atoms with van der Waals surface area (Å²) >= 11 is 10.7. The van der Waals surface area contributed by atoms with E-state index in [2.05, 4.69) is 0 Å². The molecule has 0 bridgehead atoms. The van der Waals surface area contributed by atoms with E-state index in [1.165, 1.54) is 0 Å². The van der Waals surface area contributed by atoms with Crippen LogP contribution in [0.15, 0.2) is 0 Å². The molecule has 0 rings (SSSR count). The summed E-state index contributed by atoms with van der Waals surface area (Å²) < 4.78 is 4.94. The largest absolute Gasteiger partial charge is 0.460 e. The minimum absolute atomic E-state index is 0.0420. The van der Waals surface area contributed by atoms with Gasteiger partial charge in [0, 0.05) is 0 Å². The van der Waals surface area contributed by atoms with Crippen molar-refractivity contribution in [2.45, 2.75) is 37.6 Å². The zero-order valence-corrected chi connectivity index (χ0v) is 8.37. The van der Waals surface area contributed by atoms with E-state index in [9.17, 15) is 4.79 Å². The van der Waals surface area contributed by atoms with Crippen molar-refractivity contribution < 1.29 is 9.53 Å². The lowest BCUT2D eigenvalue weighted by Crippen LogP contribution is -2.24. The second-order valence-corrected chi connectivity index (χ2v) is 4.46. The summed E-state index contributed by atoms with van der Waals surface area (Å²) in [4.78, 5) is 10.2. The topological polar surface area (TPSA) is 26.3 Å². The van der Waals surface area contributed by atoms with Gasteiger partial charge in [-0.25, -0.2) is 0 Å². The molecule has 2 nitrogen and oxygen atoms in total. The maximum atomic E-state index is 10.9. The Kier molecular flexibility index (Phi) is 4.19. The molecule has 0 unspecified atom stereocenters. The normalized spacial score (nSPS) is 11.8. The summed E-state index contributed by atoms with van der Waals surface area (Å²) in [5.74, 6) is -0.368. The first kappa shape index (κ1) is 11.1. The van der Waals surface area contributed by atoms with Crippen molar-refractivity contribution in [2.24, 2.45) is 0 Å². The smallest absolute Gasteiger partial charge is 0.309 e. The summed E-state index contributed by atoms with van der Waals surface area (Å²) in [6.07, 6.45) is 0.0420. The zero-order valence-electron chi connectivity index (χ0n) is 6.86. The Bertz CT molecular complexity index is 138. The van der Waals surface area contributed by atoms with Crippen molar-refractivity contribution in [2.75, 3.05) is 0 Å². The van der Waals surface area contributed by atoms with Gasteiger partial charge in [-0.3, -0.25) is 4.79 Å². The van der Waals surface area contributed by atoms with Gasteiger partial charge in [-0.05, 0) is 20.8 Å². The van der Waals surface area contributed by atoms with Crippen molar-refractivity contribution in [3.63, 3.8) is 0 Å². The van der Waals surface area contributed by atoms with Gasteiger partial charge in [-0.1, -0.05) is 0 Å². The first-order valence-electron chi connectivity index (χ1n) is 3.31. The molecular weight excluding hydrogens is 187 g/mol. The highest BCUT2D eigenvalue weighted by Crippen LogP contribution is 2.13. The zero-order chi connectivity index (χ0) is 9.07. The average Bonchev–Trinajstić information content (AvgIpc) is 1.53. The van der Waals surface area contributed by atoms with Gasteiger partial charge in [-0.15, -0.1) is 23.2 Å². The molecule has 0 aromatic carbocycles. The molecule has 0 aromatic heterocycles. The number of esters is 1. The number of alkyl halides is 2. The first-order valence-corrected chi connectivity index (χ1v) is 4.18.